The van der Waals surface area contributed by atoms with Crippen LogP contribution in [0.25, 0.3) is 0 Å². The smallest absolute Gasteiger partial charge is 0.291 e. The maximum atomic E-state index is 12.1. The maximum absolute atomic E-state index is 12.1. The molecule has 1 fully saturated rings. The number of hydrogen-bond donors (Lipinski definition) is 2. The average Bonchev–Trinajstić information content (AvgIpc) is 2.91. The lowest BCUT2D eigenvalue weighted by molar-refractivity contribution is -0.126. The Morgan fingerprint density at radius 3 is 3.00 bits per heavy atom. The first-order valence-corrected chi connectivity index (χ1v) is 5.62. The minimum absolute atomic E-state index is 0.127. The van der Waals surface area contributed by atoms with Crippen LogP contribution >= 0.6 is 0 Å². The zero-order valence-electron chi connectivity index (χ0n) is 9.64. The predicted octanol–water partition coefficient (Wildman–Crippen LogP) is -0.455. The van der Waals surface area contributed by atoms with Gasteiger partial charge in [0.25, 0.3) is 5.91 Å². The maximum Gasteiger partial charge on any atom is 0.291 e. The number of piperidine rings is 1. The van der Waals surface area contributed by atoms with Crippen molar-refractivity contribution in [2.24, 2.45) is 0 Å². The number of hydrogen-bond acceptors (Lipinski definition) is 4. The summed E-state index contributed by atoms with van der Waals surface area (Å²) in [6, 6.07) is -0.397. The summed E-state index contributed by atoms with van der Waals surface area (Å²) in [5.41, 5.74) is 0. The van der Waals surface area contributed by atoms with E-state index in [4.69, 9.17) is 0 Å². The molecule has 0 radical (unpaired) electrons. The van der Waals surface area contributed by atoms with E-state index in [1.807, 2.05) is 0 Å². The molecular weight excluding hydrogens is 222 g/mol. The van der Waals surface area contributed by atoms with Crippen LogP contribution < -0.4 is 5.32 Å². The number of carbonyl (C=O) groups is 2. The molecule has 0 aliphatic carbocycles. The molecule has 2 rings (SSSR count). The standard InChI is InChI=1S/C10H15N5O2/c1-11-9(16)7-4-2-3-5-15(7)10(17)8-12-6-13-14-8/h6-7H,2-5H2,1H3,(H,11,16)(H,12,13,14). The highest BCUT2D eigenvalue weighted by Crippen LogP contribution is 2.18. The Bertz CT molecular complexity index is 403. The van der Waals surface area contributed by atoms with E-state index in [0.29, 0.717) is 13.0 Å². The second-order valence-corrected chi connectivity index (χ2v) is 3.96. The van der Waals surface area contributed by atoms with Gasteiger partial charge < -0.3 is 10.2 Å². The van der Waals surface area contributed by atoms with Gasteiger partial charge in [0.15, 0.2) is 0 Å². The minimum Gasteiger partial charge on any atom is -0.357 e. The first-order chi connectivity index (χ1) is 8.24. The summed E-state index contributed by atoms with van der Waals surface area (Å²) in [4.78, 5) is 29.2. The van der Waals surface area contributed by atoms with Crippen molar-refractivity contribution in [2.75, 3.05) is 13.6 Å². The molecule has 0 aromatic carbocycles. The molecule has 1 atom stereocenters. The molecule has 92 valence electrons. The van der Waals surface area contributed by atoms with E-state index in [1.165, 1.54) is 6.33 Å². The molecule has 1 aliphatic heterocycles. The van der Waals surface area contributed by atoms with Crippen LogP contribution in [0.15, 0.2) is 6.33 Å². The Kier molecular flexibility index (Phi) is 3.36. The third kappa shape index (κ3) is 2.27. The Balaban J connectivity index is 2.16. The summed E-state index contributed by atoms with van der Waals surface area (Å²) in [6.07, 6.45) is 3.84. The molecule has 0 saturated carbocycles. The lowest BCUT2D eigenvalue weighted by Gasteiger charge is -2.33. The van der Waals surface area contributed by atoms with Crippen molar-refractivity contribution < 1.29 is 9.59 Å². The van der Waals surface area contributed by atoms with E-state index in [0.717, 1.165) is 12.8 Å². The molecule has 0 spiro atoms. The SMILES string of the molecule is CNC(=O)C1CCCCN1C(=O)c1ncn[nH]1. The first-order valence-electron chi connectivity index (χ1n) is 5.62. The van der Waals surface area contributed by atoms with Crippen molar-refractivity contribution in [3.8, 4) is 0 Å². The van der Waals surface area contributed by atoms with Gasteiger partial charge in [0, 0.05) is 13.6 Å². The highest BCUT2D eigenvalue weighted by Gasteiger charge is 2.33. The van der Waals surface area contributed by atoms with Gasteiger partial charge in [-0.1, -0.05) is 0 Å². The highest BCUT2D eigenvalue weighted by molar-refractivity contribution is 5.94. The van der Waals surface area contributed by atoms with Crippen molar-refractivity contribution in [3.63, 3.8) is 0 Å². The molecule has 17 heavy (non-hydrogen) atoms. The fourth-order valence-electron chi connectivity index (χ4n) is 2.06. The van der Waals surface area contributed by atoms with Gasteiger partial charge in [-0.2, -0.15) is 5.10 Å². The molecule has 1 aromatic heterocycles. The van der Waals surface area contributed by atoms with E-state index in [1.54, 1.807) is 11.9 Å². The number of aromatic nitrogens is 3. The molecule has 7 heteroatoms. The van der Waals surface area contributed by atoms with Gasteiger partial charge in [0.2, 0.25) is 11.7 Å². The van der Waals surface area contributed by atoms with Gasteiger partial charge in [-0.15, -0.1) is 0 Å². The molecule has 1 saturated heterocycles. The number of carbonyl (C=O) groups excluding carboxylic acids is 2. The number of rotatable bonds is 2. The lowest BCUT2D eigenvalue weighted by atomic mass is 10.0. The quantitative estimate of drug-likeness (QED) is 0.728. The number of nitrogens with one attached hydrogen (secondary N) is 2. The van der Waals surface area contributed by atoms with Gasteiger partial charge in [0.05, 0.1) is 0 Å². The van der Waals surface area contributed by atoms with Crippen LogP contribution in [0.4, 0.5) is 0 Å². The van der Waals surface area contributed by atoms with Crippen molar-refractivity contribution in [2.45, 2.75) is 25.3 Å². The highest BCUT2D eigenvalue weighted by atomic mass is 16.2. The summed E-state index contributed by atoms with van der Waals surface area (Å²) in [5.74, 6) is -0.214. The number of aromatic amines is 1. The third-order valence-corrected chi connectivity index (χ3v) is 2.93. The van der Waals surface area contributed by atoms with Crippen molar-refractivity contribution >= 4 is 11.8 Å². The summed E-state index contributed by atoms with van der Waals surface area (Å²) >= 11 is 0. The topological polar surface area (TPSA) is 91.0 Å². The van der Waals surface area contributed by atoms with Crippen LogP contribution in [-0.2, 0) is 4.79 Å². The fourth-order valence-corrected chi connectivity index (χ4v) is 2.06. The van der Waals surface area contributed by atoms with Gasteiger partial charge >= 0.3 is 0 Å². The van der Waals surface area contributed by atoms with Crippen LogP contribution in [-0.4, -0.2) is 51.5 Å². The molecule has 0 bridgehead atoms. The predicted molar refractivity (Wildman–Crippen MR) is 59.1 cm³/mol. The number of amides is 2. The van der Waals surface area contributed by atoms with Crippen LogP contribution in [0.5, 0.6) is 0 Å². The van der Waals surface area contributed by atoms with Gasteiger partial charge in [-0.3, -0.25) is 14.7 Å². The van der Waals surface area contributed by atoms with Gasteiger partial charge in [-0.25, -0.2) is 4.98 Å². The van der Waals surface area contributed by atoms with E-state index >= 15 is 0 Å². The molecular formula is C10H15N5O2. The number of likely N-dealkylation sites (tertiary alicyclic amines) is 1. The summed E-state index contributed by atoms with van der Waals surface area (Å²) in [7, 11) is 1.58. The molecule has 1 unspecified atom stereocenters. The van der Waals surface area contributed by atoms with E-state index in [2.05, 4.69) is 20.5 Å². The Morgan fingerprint density at radius 1 is 1.53 bits per heavy atom. The molecule has 2 N–H and O–H groups in total. The molecule has 7 nitrogen and oxygen atoms in total. The molecule has 2 heterocycles. The first kappa shape index (κ1) is 11.6. The van der Waals surface area contributed by atoms with Crippen LogP contribution in [0.3, 0.4) is 0 Å². The average molecular weight is 237 g/mol. The Labute approximate surface area is 98.6 Å². The molecule has 1 aromatic rings. The summed E-state index contributed by atoms with van der Waals surface area (Å²) in [6.45, 7) is 0.581. The zero-order chi connectivity index (χ0) is 12.3. The lowest BCUT2D eigenvalue weighted by Crippen LogP contribution is -2.51. The minimum atomic E-state index is -0.397. The normalized spacial score (nSPS) is 20.1. The van der Waals surface area contributed by atoms with Crippen LogP contribution in [0.1, 0.15) is 29.9 Å². The zero-order valence-corrected chi connectivity index (χ0v) is 9.64. The second kappa shape index (κ2) is 4.94. The monoisotopic (exact) mass is 237 g/mol. The van der Waals surface area contributed by atoms with Gasteiger partial charge in [-0.05, 0) is 19.3 Å². The van der Waals surface area contributed by atoms with E-state index in [-0.39, 0.29) is 17.6 Å². The van der Waals surface area contributed by atoms with Gasteiger partial charge in [0.1, 0.15) is 12.4 Å². The summed E-state index contributed by atoms with van der Waals surface area (Å²) in [5, 5.41) is 8.76. The van der Waals surface area contributed by atoms with Crippen molar-refractivity contribution in [1.29, 1.82) is 0 Å². The number of nitrogens with zero attached hydrogens (tertiary/aromatic N) is 3. The third-order valence-electron chi connectivity index (χ3n) is 2.93. The molecule has 2 amide bonds. The van der Waals surface area contributed by atoms with Crippen LogP contribution in [0.2, 0.25) is 0 Å². The Hall–Kier alpha value is -1.92. The van der Waals surface area contributed by atoms with E-state index < -0.39 is 6.04 Å². The number of H-pyrrole nitrogens is 1. The largest absolute Gasteiger partial charge is 0.357 e. The fraction of sp³-hybridized carbons (Fsp3) is 0.600. The second-order valence-electron chi connectivity index (χ2n) is 3.96. The summed E-state index contributed by atoms with van der Waals surface area (Å²) < 4.78 is 0. The molecule has 1 aliphatic rings. The van der Waals surface area contributed by atoms with Crippen molar-refractivity contribution in [3.05, 3.63) is 12.2 Å². The van der Waals surface area contributed by atoms with Crippen molar-refractivity contribution in [1.82, 2.24) is 25.4 Å². The number of likely N-dealkylation sites (N-methyl/N-ethyl adjacent to an activating group) is 1. The Morgan fingerprint density at radius 2 is 2.35 bits per heavy atom. The van der Waals surface area contributed by atoms with Crippen LogP contribution in [0, 0.1) is 0 Å². The van der Waals surface area contributed by atoms with E-state index in [9.17, 15) is 9.59 Å².